The molecule has 152 valence electrons. The van der Waals surface area contributed by atoms with Crippen LogP contribution in [0.4, 0.5) is 0 Å². The van der Waals surface area contributed by atoms with Gasteiger partial charge in [0.25, 0.3) is 8.32 Å². The molecular weight excluding hydrogens is 364 g/mol. The molecule has 2 heterocycles. The Labute approximate surface area is 170 Å². The van der Waals surface area contributed by atoms with Crippen LogP contribution in [0.5, 0.6) is 11.5 Å². The zero-order valence-corrected chi connectivity index (χ0v) is 19.6. The number of methoxy groups -OCH3 is 1. The monoisotopic (exact) mass is 398 g/mol. The molecule has 3 fully saturated rings. The van der Waals surface area contributed by atoms with Crippen LogP contribution in [0.15, 0.2) is 41.0 Å². The molecule has 4 aliphatic rings. The lowest BCUT2D eigenvalue weighted by Crippen LogP contribution is -2.44. The average Bonchev–Trinajstić information content (AvgIpc) is 3.03. The second-order valence-electron chi connectivity index (χ2n) is 10.3. The van der Waals surface area contributed by atoms with Crippen LogP contribution in [0, 0.1) is 5.92 Å². The van der Waals surface area contributed by atoms with E-state index >= 15 is 0 Å². The lowest BCUT2D eigenvalue weighted by atomic mass is 9.79. The van der Waals surface area contributed by atoms with Gasteiger partial charge in [0.1, 0.15) is 11.4 Å². The summed E-state index contributed by atoms with van der Waals surface area (Å²) in [6.07, 6.45) is 4.86. The number of benzene rings is 1. The maximum atomic E-state index is 6.66. The van der Waals surface area contributed by atoms with Gasteiger partial charge in [-0.3, -0.25) is 0 Å². The van der Waals surface area contributed by atoms with E-state index in [1.54, 1.807) is 7.11 Å². The molecule has 0 spiro atoms. The molecule has 1 saturated carbocycles. The van der Waals surface area contributed by atoms with Crippen molar-refractivity contribution in [1.82, 2.24) is 0 Å². The first-order chi connectivity index (χ1) is 13.0. The molecule has 2 saturated heterocycles. The predicted molar refractivity (Wildman–Crippen MR) is 117 cm³/mol. The van der Waals surface area contributed by atoms with Crippen LogP contribution in [-0.2, 0) is 10.3 Å². The Balaban J connectivity index is 1.75. The Bertz CT molecular complexity index is 866. The molecule has 28 heavy (non-hydrogen) atoms. The fourth-order valence-corrected chi connectivity index (χ4v) is 5.74. The molecule has 3 nitrogen and oxygen atoms in total. The zero-order chi connectivity index (χ0) is 20.5. The minimum atomic E-state index is -1.97. The normalized spacial score (nSPS) is 29.2. The largest absolute Gasteiger partial charge is 0.541 e. The van der Waals surface area contributed by atoms with E-state index < -0.39 is 8.32 Å². The van der Waals surface area contributed by atoms with Crippen LogP contribution < -0.4 is 9.16 Å². The molecule has 3 atom stereocenters. The third-order valence-electron chi connectivity index (χ3n) is 7.18. The molecule has 4 heteroatoms. The molecule has 0 amide bonds. The molecule has 1 aromatic rings. The highest BCUT2D eigenvalue weighted by Crippen LogP contribution is 2.63. The first-order valence-electron chi connectivity index (χ1n) is 10.5. The van der Waals surface area contributed by atoms with Crippen molar-refractivity contribution in [3.63, 3.8) is 0 Å². The smallest absolute Gasteiger partial charge is 0.250 e. The summed E-state index contributed by atoms with van der Waals surface area (Å²) >= 11 is 0. The van der Waals surface area contributed by atoms with Crippen molar-refractivity contribution in [2.24, 2.45) is 5.92 Å². The predicted octanol–water partition coefficient (Wildman–Crippen LogP) is 6.36. The highest BCUT2D eigenvalue weighted by Gasteiger charge is 2.61. The Morgan fingerprint density at radius 3 is 2.46 bits per heavy atom. The SMILES string of the molecule is COc1ccc(C23CC(O2)C2=C[C@@H](C)CC(C)=C23)cc1O[Si](C)(C)C(C)(C)C. The molecule has 0 aromatic heterocycles. The van der Waals surface area contributed by atoms with Gasteiger partial charge in [-0.05, 0) is 66.2 Å². The molecule has 0 radical (unpaired) electrons. The van der Waals surface area contributed by atoms with Gasteiger partial charge in [0.15, 0.2) is 5.75 Å². The fourth-order valence-electron chi connectivity index (χ4n) is 4.72. The topological polar surface area (TPSA) is 27.7 Å². The molecule has 2 bridgehead atoms. The lowest BCUT2D eigenvalue weighted by Gasteiger charge is -2.41. The summed E-state index contributed by atoms with van der Waals surface area (Å²) in [5.74, 6) is 2.26. The van der Waals surface area contributed by atoms with Crippen molar-refractivity contribution in [1.29, 1.82) is 0 Å². The zero-order valence-electron chi connectivity index (χ0n) is 18.6. The molecule has 1 aromatic carbocycles. The third kappa shape index (κ3) is 2.79. The van der Waals surface area contributed by atoms with Crippen molar-refractivity contribution in [2.75, 3.05) is 7.11 Å². The number of allylic oxidation sites excluding steroid dienone is 2. The first kappa shape index (κ1) is 19.8. The number of ether oxygens (including phenoxy) is 2. The summed E-state index contributed by atoms with van der Waals surface area (Å²) in [6.45, 7) is 15.9. The van der Waals surface area contributed by atoms with Gasteiger partial charge >= 0.3 is 0 Å². The summed E-state index contributed by atoms with van der Waals surface area (Å²) in [7, 11) is -0.253. The van der Waals surface area contributed by atoms with E-state index in [1.807, 2.05) is 6.07 Å². The van der Waals surface area contributed by atoms with E-state index in [-0.39, 0.29) is 16.7 Å². The summed E-state index contributed by atoms with van der Waals surface area (Å²) in [5.41, 5.74) is 5.25. The average molecular weight is 399 g/mol. The Kier molecular flexibility index (Phi) is 4.40. The van der Waals surface area contributed by atoms with Gasteiger partial charge in [0, 0.05) is 6.42 Å². The maximum Gasteiger partial charge on any atom is 0.250 e. The number of hydrogen-bond acceptors (Lipinski definition) is 3. The Morgan fingerprint density at radius 1 is 1.18 bits per heavy atom. The molecule has 0 N–H and O–H groups in total. The second kappa shape index (κ2) is 6.24. The fraction of sp³-hybridized carbons (Fsp3) is 0.583. The Morgan fingerprint density at radius 2 is 1.86 bits per heavy atom. The van der Waals surface area contributed by atoms with E-state index in [0.717, 1.165) is 24.3 Å². The van der Waals surface area contributed by atoms with E-state index in [9.17, 15) is 0 Å². The van der Waals surface area contributed by atoms with Crippen molar-refractivity contribution >= 4 is 8.32 Å². The van der Waals surface area contributed by atoms with Crippen molar-refractivity contribution in [3.05, 3.63) is 46.6 Å². The third-order valence-corrected chi connectivity index (χ3v) is 11.5. The summed E-state index contributed by atoms with van der Waals surface area (Å²) in [4.78, 5) is 0. The summed E-state index contributed by atoms with van der Waals surface area (Å²) in [6, 6.07) is 6.39. The van der Waals surface area contributed by atoms with Crippen LogP contribution in [0.25, 0.3) is 0 Å². The van der Waals surface area contributed by atoms with Gasteiger partial charge in [-0.2, -0.15) is 0 Å². The van der Waals surface area contributed by atoms with Crippen molar-refractivity contribution in [3.8, 4) is 11.5 Å². The molecular formula is C24H34O3Si. The Hall–Kier alpha value is -1.52. The van der Waals surface area contributed by atoms with Gasteiger partial charge < -0.3 is 13.9 Å². The van der Waals surface area contributed by atoms with Crippen LogP contribution in [0.1, 0.15) is 53.0 Å². The quantitative estimate of drug-likeness (QED) is 0.552. The molecule has 2 aliphatic heterocycles. The minimum absolute atomic E-state index is 0.131. The van der Waals surface area contributed by atoms with Crippen LogP contribution >= 0.6 is 0 Å². The van der Waals surface area contributed by atoms with E-state index in [1.165, 1.54) is 22.3 Å². The lowest BCUT2D eigenvalue weighted by molar-refractivity contribution is -0.138. The molecule has 2 unspecified atom stereocenters. The van der Waals surface area contributed by atoms with Crippen LogP contribution in [-0.4, -0.2) is 21.5 Å². The van der Waals surface area contributed by atoms with E-state index in [4.69, 9.17) is 13.9 Å². The molecule has 5 rings (SSSR count). The van der Waals surface area contributed by atoms with E-state index in [2.05, 4.69) is 65.9 Å². The van der Waals surface area contributed by atoms with Gasteiger partial charge in [-0.15, -0.1) is 0 Å². The summed E-state index contributed by atoms with van der Waals surface area (Å²) < 4.78 is 18.8. The van der Waals surface area contributed by atoms with Crippen LogP contribution in [0.2, 0.25) is 18.1 Å². The van der Waals surface area contributed by atoms with Crippen LogP contribution in [0.3, 0.4) is 0 Å². The second-order valence-corrected chi connectivity index (χ2v) is 15.0. The number of hydrogen-bond donors (Lipinski definition) is 0. The number of rotatable bonds is 4. The van der Waals surface area contributed by atoms with Gasteiger partial charge in [0.2, 0.25) is 0 Å². The highest BCUT2D eigenvalue weighted by molar-refractivity contribution is 6.74. The van der Waals surface area contributed by atoms with Gasteiger partial charge in [0.05, 0.1) is 13.2 Å². The van der Waals surface area contributed by atoms with Crippen molar-refractivity contribution < 1.29 is 13.9 Å². The summed E-state index contributed by atoms with van der Waals surface area (Å²) in [5, 5.41) is 0.131. The van der Waals surface area contributed by atoms with Crippen molar-refractivity contribution in [2.45, 2.75) is 77.3 Å². The van der Waals surface area contributed by atoms with E-state index in [0.29, 0.717) is 5.92 Å². The highest BCUT2D eigenvalue weighted by atomic mass is 28.4. The van der Waals surface area contributed by atoms with Gasteiger partial charge in [-0.25, -0.2) is 0 Å². The standard InChI is InChI=1S/C24H34O3Si/c1-15-11-16(2)22-18(12-15)21-14-24(22,26-21)17-9-10-19(25-6)20(13-17)27-28(7,8)23(3,4)5/h9-10,12-13,15,21H,11,14H2,1-8H3/t15-,21?,24?/m0/s1. The van der Waals surface area contributed by atoms with Gasteiger partial charge in [-0.1, -0.05) is 45.4 Å². The maximum absolute atomic E-state index is 6.66. The molecule has 2 aliphatic carbocycles. The first-order valence-corrected chi connectivity index (χ1v) is 13.4. The minimum Gasteiger partial charge on any atom is -0.541 e.